The van der Waals surface area contributed by atoms with Gasteiger partial charge in [0.1, 0.15) is 5.75 Å². The topological polar surface area (TPSA) is 72.8 Å². The van der Waals surface area contributed by atoms with E-state index in [4.69, 9.17) is 0 Å². The maximum atomic E-state index is 12.7. The third-order valence-corrected chi connectivity index (χ3v) is 7.35. The molecule has 4 atom stereocenters. The van der Waals surface area contributed by atoms with Crippen LogP contribution in [0, 0.1) is 0 Å². The predicted octanol–water partition coefficient (Wildman–Crippen LogP) is 2.21. The van der Waals surface area contributed by atoms with Crippen molar-refractivity contribution in [2.24, 2.45) is 0 Å². The van der Waals surface area contributed by atoms with Crippen LogP contribution in [0.1, 0.15) is 40.7 Å². The second-order valence-corrected chi connectivity index (χ2v) is 8.74. The third kappa shape index (κ3) is 2.36. The highest BCUT2D eigenvalue weighted by Gasteiger charge is 2.66. The van der Waals surface area contributed by atoms with Crippen LogP contribution in [-0.4, -0.2) is 52.3 Å². The van der Waals surface area contributed by atoms with E-state index in [1.54, 1.807) is 6.07 Å². The van der Waals surface area contributed by atoms with Crippen LogP contribution in [0.15, 0.2) is 48.5 Å². The van der Waals surface area contributed by atoms with Gasteiger partial charge in [-0.3, -0.25) is 4.79 Å². The quantitative estimate of drug-likeness (QED) is 0.749. The first kappa shape index (κ1) is 17.7. The number of likely N-dealkylation sites (tertiary alicyclic amines) is 1. The number of rotatable bonds is 2. The number of phenolic OH excluding ortho intramolecular Hbond substituents is 1. The van der Waals surface area contributed by atoms with Crippen molar-refractivity contribution in [2.45, 2.75) is 48.8 Å². The molecule has 1 amide bonds. The molecule has 1 saturated carbocycles. The lowest BCUT2D eigenvalue weighted by molar-refractivity contribution is -0.123. The van der Waals surface area contributed by atoms with Crippen molar-refractivity contribution < 1.29 is 15.0 Å². The predicted molar refractivity (Wildman–Crippen MR) is 106 cm³/mol. The number of nitrogens with one attached hydrogen (secondary N) is 1. The molecule has 1 saturated heterocycles. The smallest absolute Gasteiger partial charge is 0.251 e. The van der Waals surface area contributed by atoms with E-state index in [1.165, 1.54) is 5.56 Å². The minimum Gasteiger partial charge on any atom is -0.508 e. The Morgan fingerprint density at radius 3 is 2.75 bits per heavy atom. The molecule has 5 heteroatoms. The van der Waals surface area contributed by atoms with Gasteiger partial charge in [-0.05, 0) is 74.7 Å². The first-order chi connectivity index (χ1) is 13.4. The molecule has 3 N–H and O–H groups in total. The molecule has 0 spiro atoms. The zero-order valence-electron chi connectivity index (χ0n) is 16.1. The number of carbonyl (C=O) groups is 1. The number of hydrogen-bond acceptors (Lipinski definition) is 4. The van der Waals surface area contributed by atoms with E-state index < -0.39 is 11.0 Å². The summed E-state index contributed by atoms with van der Waals surface area (Å²) in [6.07, 6.45) is 2.83. The van der Waals surface area contributed by atoms with Gasteiger partial charge in [0, 0.05) is 23.1 Å². The number of phenols is 1. The number of amides is 1. The van der Waals surface area contributed by atoms with Crippen LogP contribution >= 0.6 is 0 Å². The van der Waals surface area contributed by atoms with Gasteiger partial charge >= 0.3 is 0 Å². The van der Waals surface area contributed by atoms with E-state index in [0.29, 0.717) is 18.4 Å². The molecule has 28 heavy (non-hydrogen) atoms. The second-order valence-electron chi connectivity index (χ2n) is 8.74. The number of piperidine rings is 1. The Morgan fingerprint density at radius 2 is 1.96 bits per heavy atom. The van der Waals surface area contributed by atoms with Gasteiger partial charge in [0.05, 0.1) is 5.60 Å². The number of aliphatic hydroxyl groups is 1. The Labute approximate surface area is 165 Å². The summed E-state index contributed by atoms with van der Waals surface area (Å²) >= 11 is 0. The SMILES string of the molecule is CN1CC[C@]23CC(NC(=O)c4ccccc4)CC2(O)[C@H]1Cc1ccc(O)cc13. The van der Waals surface area contributed by atoms with Crippen LogP contribution in [0.2, 0.25) is 0 Å². The molecule has 5 nitrogen and oxygen atoms in total. The third-order valence-electron chi connectivity index (χ3n) is 7.35. The maximum absolute atomic E-state index is 12.7. The fourth-order valence-electron chi connectivity index (χ4n) is 6.06. The van der Waals surface area contributed by atoms with E-state index in [1.807, 2.05) is 42.5 Å². The monoisotopic (exact) mass is 378 g/mol. The van der Waals surface area contributed by atoms with Crippen molar-refractivity contribution in [3.05, 3.63) is 65.2 Å². The molecule has 2 unspecified atom stereocenters. The summed E-state index contributed by atoms with van der Waals surface area (Å²) in [5.74, 6) is 0.146. The number of benzene rings is 2. The molecule has 2 aromatic carbocycles. The van der Waals surface area contributed by atoms with Crippen LogP contribution in [0.3, 0.4) is 0 Å². The summed E-state index contributed by atoms with van der Waals surface area (Å²) in [6.45, 7) is 0.904. The maximum Gasteiger partial charge on any atom is 0.251 e. The highest BCUT2D eigenvalue weighted by atomic mass is 16.3. The zero-order chi connectivity index (χ0) is 19.5. The van der Waals surface area contributed by atoms with Gasteiger partial charge < -0.3 is 20.4 Å². The molecule has 2 bridgehead atoms. The van der Waals surface area contributed by atoms with Crippen molar-refractivity contribution in [3.63, 3.8) is 0 Å². The highest BCUT2D eigenvalue weighted by Crippen LogP contribution is 2.59. The van der Waals surface area contributed by atoms with Crippen LogP contribution in [-0.2, 0) is 11.8 Å². The summed E-state index contributed by atoms with van der Waals surface area (Å²) in [6, 6.07) is 14.7. The molecular weight excluding hydrogens is 352 g/mol. The van der Waals surface area contributed by atoms with Gasteiger partial charge in [-0.25, -0.2) is 0 Å². The zero-order valence-corrected chi connectivity index (χ0v) is 16.1. The first-order valence-electron chi connectivity index (χ1n) is 10.0. The van der Waals surface area contributed by atoms with Crippen molar-refractivity contribution in [1.29, 1.82) is 0 Å². The van der Waals surface area contributed by atoms with Gasteiger partial charge in [-0.1, -0.05) is 24.3 Å². The van der Waals surface area contributed by atoms with Crippen molar-refractivity contribution >= 4 is 5.91 Å². The average Bonchev–Trinajstić information content (AvgIpc) is 2.99. The van der Waals surface area contributed by atoms with Crippen LogP contribution in [0.25, 0.3) is 0 Å². The molecule has 2 aromatic rings. The van der Waals surface area contributed by atoms with Gasteiger partial charge in [0.25, 0.3) is 5.91 Å². The Hall–Kier alpha value is -2.37. The average molecular weight is 378 g/mol. The number of likely N-dealkylation sites (N-methyl/N-ethyl adjacent to an activating group) is 1. The molecule has 2 fully saturated rings. The number of nitrogens with zero attached hydrogens (tertiary/aromatic N) is 1. The number of fused-ring (bicyclic) bond motifs is 1. The molecular formula is C23H26N2O3. The number of aromatic hydroxyl groups is 1. The lowest BCUT2D eigenvalue weighted by atomic mass is 9.56. The van der Waals surface area contributed by atoms with Gasteiger partial charge in [0.15, 0.2) is 0 Å². The minimum absolute atomic E-state index is 0.0249. The summed E-state index contributed by atoms with van der Waals surface area (Å²) in [5, 5.41) is 25.3. The lowest BCUT2D eigenvalue weighted by Gasteiger charge is -2.58. The summed E-state index contributed by atoms with van der Waals surface area (Å²) in [4.78, 5) is 15.0. The Balaban J connectivity index is 1.53. The fourth-order valence-corrected chi connectivity index (χ4v) is 6.06. The van der Waals surface area contributed by atoms with E-state index in [0.717, 1.165) is 24.9 Å². The first-order valence-corrected chi connectivity index (χ1v) is 10.0. The molecule has 1 aliphatic heterocycles. The van der Waals surface area contributed by atoms with Gasteiger partial charge in [-0.2, -0.15) is 0 Å². The van der Waals surface area contributed by atoms with Crippen LogP contribution in [0.4, 0.5) is 0 Å². The Kier molecular flexibility index (Phi) is 3.83. The van der Waals surface area contributed by atoms with Crippen molar-refractivity contribution in [2.75, 3.05) is 13.6 Å². The molecule has 0 radical (unpaired) electrons. The summed E-state index contributed by atoms with van der Waals surface area (Å²) in [5.41, 5.74) is 1.57. The van der Waals surface area contributed by atoms with E-state index >= 15 is 0 Å². The van der Waals surface area contributed by atoms with Crippen LogP contribution < -0.4 is 5.32 Å². The summed E-state index contributed by atoms with van der Waals surface area (Å²) < 4.78 is 0. The lowest BCUT2D eigenvalue weighted by Crippen LogP contribution is -2.68. The standard InChI is InChI=1S/C23H26N2O3/c1-25-10-9-22-13-17(24-21(27)15-5-3-2-4-6-15)14-23(22,28)20(25)11-16-7-8-18(26)12-19(16)22/h2-8,12,17,20,26,28H,9-11,13-14H2,1H3,(H,24,27)/t17?,20-,22-,23?/m1/s1. The molecule has 2 aliphatic carbocycles. The van der Waals surface area contributed by atoms with Crippen molar-refractivity contribution in [1.82, 2.24) is 10.2 Å². The Morgan fingerprint density at radius 1 is 1.18 bits per heavy atom. The molecule has 5 rings (SSSR count). The highest BCUT2D eigenvalue weighted by molar-refractivity contribution is 5.94. The number of hydrogen-bond donors (Lipinski definition) is 3. The van der Waals surface area contributed by atoms with E-state index in [2.05, 4.69) is 17.3 Å². The second kappa shape index (κ2) is 6.06. The van der Waals surface area contributed by atoms with Gasteiger partial charge in [-0.15, -0.1) is 0 Å². The molecule has 1 heterocycles. The van der Waals surface area contributed by atoms with Gasteiger partial charge in [0.2, 0.25) is 0 Å². The Bertz CT molecular complexity index is 931. The van der Waals surface area contributed by atoms with E-state index in [9.17, 15) is 15.0 Å². The van der Waals surface area contributed by atoms with Crippen molar-refractivity contribution in [3.8, 4) is 5.75 Å². The normalized spacial score (nSPS) is 33.8. The van der Waals surface area contributed by atoms with E-state index in [-0.39, 0.29) is 23.7 Å². The number of carbonyl (C=O) groups excluding carboxylic acids is 1. The largest absolute Gasteiger partial charge is 0.508 e. The van der Waals surface area contributed by atoms with Crippen LogP contribution in [0.5, 0.6) is 5.75 Å². The summed E-state index contributed by atoms with van der Waals surface area (Å²) in [7, 11) is 2.08. The molecule has 0 aromatic heterocycles. The molecule has 3 aliphatic rings. The fraction of sp³-hybridized carbons (Fsp3) is 0.435. The minimum atomic E-state index is -0.907. The molecule has 146 valence electrons.